The molecule has 1 unspecified atom stereocenters. The van der Waals surface area contributed by atoms with Crippen molar-refractivity contribution in [1.29, 1.82) is 0 Å². The number of amides is 1. The summed E-state index contributed by atoms with van der Waals surface area (Å²) in [6.45, 7) is 3.07. The molecule has 1 amide bonds. The number of carbonyl (C=O) groups is 1. The largest absolute Gasteiger partial charge is 0.381 e. The van der Waals surface area contributed by atoms with Crippen LogP contribution in [0.5, 0.6) is 0 Å². The number of rotatable bonds is 6. The van der Waals surface area contributed by atoms with Gasteiger partial charge in [-0.15, -0.1) is 0 Å². The normalized spacial score (nSPS) is 16.1. The number of nitrogens with one attached hydrogen (secondary N) is 1. The first-order valence-electron chi connectivity index (χ1n) is 9.50. The van der Waals surface area contributed by atoms with E-state index in [0.717, 1.165) is 10.8 Å². The molecule has 1 aliphatic rings. The Labute approximate surface area is 158 Å². The van der Waals surface area contributed by atoms with Crippen molar-refractivity contribution >= 4 is 22.3 Å². The average Bonchev–Trinajstić information content (AvgIpc) is 2.71. The summed E-state index contributed by atoms with van der Waals surface area (Å²) in [5.74, 6) is -0.140. The van der Waals surface area contributed by atoms with Gasteiger partial charge in [0.05, 0.1) is 0 Å². The van der Waals surface area contributed by atoms with Gasteiger partial charge in [-0.05, 0) is 48.1 Å². The molecule has 144 valence electrons. The van der Waals surface area contributed by atoms with Crippen molar-refractivity contribution in [2.45, 2.75) is 38.6 Å². The summed E-state index contributed by atoms with van der Waals surface area (Å²) < 4.78 is 32.7. The van der Waals surface area contributed by atoms with E-state index in [1.165, 1.54) is 0 Å². The van der Waals surface area contributed by atoms with Crippen LogP contribution in [-0.4, -0.2) is 25.2 Å². The summed E-state index contributed by atoms with van der Waals surface area (Å²) in [5, 5.41) is 4.90. The van der Waals surface area contributed by atoms with E-state index in [1.807, 2.05) is 37.3 Å². The quantitative estimate of drug-likeness (QED) is 0.760. The second-order valence-corrected chi connectivity index (χ2v) is 7.01. The topological polar surface area (TPSA) is 38.3 Å². The average molecular weight is 373 g/mol. The second kappa shape index (κ2) is 9.09. The minimum atomic E-state index is -1.69. The van der Waals surface area contributed by atoms with E-state index >= 15 is 0 Å². The molecular weight excluding hydrogens is 348 g/mol. The fourth-order valence-electron chi connectivity index (χ4n) is 3.50. The lowest BCUT2D eigenvalue weighted by Crippen LogP contribution is -2.40. The molecule has 1 atom stereocenters. The standard InChI is InChI=1S/C22H25F2NO2/c1-2-19(25-22(26)16-9-11-27-12-10-16)14-20(21(23)24)18-8-7-15-5-3-4-6-17(15)13-18/h3-8,13,16,19H,2,9-12,14H2,1H3,(H,25,26). The van der Waals surface area contributed by atoms with Crippen LogP contribution in [0.4, 0.5) is 8.78 Å². The minimum absolute atomic E-state index is 0.000111. The zero-order valence-corrected chi connectivity index (χ0v) is 15.5. The Kier molecular flexibility index (Phi) is 6.56. The Bertz CT molecular complexity index is 824. The van der Waals surface area contributed by atoms with Crippen LogP contribution in [0.15, 0.2) is 48.5 Å². The maximum atomic E-state index is 13.7. The smallest absolute Gasteiger partial charge is 0.274 e. The fraction of sp³-hybridized carbons (Fsp3) is 0.409. The highest BCUT2D eigenvalue weighted by Crippen LogP contribution is 2.29. The molecule has 3 nitrogen and oxygen atoms in total. The third kappa shape index (κ3) is 4.92. The molecule has 0 aromatic heterocycles. The first-order valence-corrected chi connectivity index (χ1v) is 9.50. The molecule has 0 bridgehead atoms. The molecule has 1 heterocycles. The summed E-state index contributed by atoms with van der Waals surface area (Å²) in [6, 6.07) is 12.7. The lowest BCUT2D eigenvalue weighted by molar-refractivity contribution is -0.128. The van der Waals surface area contributed by atoms with E-state index in [-0.39, 0.29) is 29.9 Å². The number of carbonyl (C=O) groups excluding carboxylic acids is 1. The number of hydrogen-bond donors (Lipinski definition) is 1. The van der Waals surface area contributed by atoms with Crippen molar-refractivity contribution in [3.63, 3.8) is 0 Å². The maximum Gasteiger partial charge on any atom is 0.274 e. The van der Waals surface area contributed by atoms with Crippen molar-refractivity contribution < 1.29 is 18.3 Å². The van der Waals surface area contributed by atoms with Crippen molar-refractivity contribution in [3.05, 3.63) is 54.1 Å². The molecule has 2 aromatic carbocycles. The molecule has 0 saturated carbocycles. The van der Waals surface area contributed by atoms with Gasteiger partial charge in [0.15, 0.2) is 0 Å². The number of fused-ring (bicyclic) bond motifs is 1. The van der Waals surface area contributed by atoms with Crippen LogP contribution < -0.4 is 5.32 Å². The van der Waals surface area contributed by atoms with Crippen LogP contribution in [0.1, 0.15) is 38.2 Å². The van der Waals surface area contributed by atoms with Crippen LogP contribution in [0, 0.1) is 5.92 Å². The monoisotopic (exact) mass is 373 g/mol. The summed E-state index contributed by atoms with van der Waals surface area (Å²) in [7, 11) is 0. The Morgan fingerprint density at radius 1 is 1.15 bits per heavy atom. The van der Waals surface area contributed by atoms with Crippen molar-refractivity contribution in [3.8, 4) is 0 Å². The van der Waals surface area contributed by atoms with Gasteiger partial charge in [0.25, 0.3) is 6.08 Å². The lowest BCUT2D eigenvalue weighted by Gasteiger charge is -2.25. The van der Waals surface area contributed by atoms with Crippen molar-refractivity contribution in [2.24, 2.45) is 5.92 Å². The molecule has 0 radical (unpaired) electrons. The van der Waals surface area contributed by atoms with Gasteiger partial charge in [0.1, 0.15) is 0 Å². The van der Waals surface area contributed by atoms with Crippen LogP contribution in [0.2, 0.25) is 0 Å². The Morgan fingerprint density at radius 2 is 1.85 bits per heavy atom. The highest BCUT2D eigenvalue weighted by atomic mass is 19.3. The summed E-state index contributed by atoms with van der Waals surface area (Å²) in [5.41, 5.74) is 0.507. The first kappa shape index (κ1) is 19.5. The molecule has 5 heteroatoms. The van der Waals surface area contributed by atoms with Crippen LogP contribution in [0.25, 0.3) is 16.3 Å². The van der Waals surface area contributed by atoms with E-state index in [0.29, 0.717) is 38.0 Å². The Hall–Kier alpha value is -2.27. The van der Waals surface area contributed by atoms with Gasteiger partial charge in [-0.1, -0.05) is 43.3 Å². The van der Waals surface area contributed by atoms with Gasteiger partial charge in [0, 0.05) is 30.7 Å². The van der Waals surface area contributed by atoms with Crippen LogP contribution >= 0.6 is 0 Å². The molecule has 27 heavy (non-hydrogen) atoms. The molecule has 1 fully saturated rings. The molecular formula is C22H25F2NO2. The third-order valence-electron chi connectivity index (χ3n) is 5.21. The highest BCUT2D eigenvalue weighted by Gasteiger charge is 2.24. The molecule has 1 N–H and O–H groups in total. The Balaban J connectivity index is 1.75. The summed E-state index contributed by atoms with van der Waals surface area (Å²) in [4.78, 5) is 12.5. The van der Waals surface area contributed by atoms with Gasteiger partial charge < -0.3 is 10.1 Å². The van der Waals surface area contributed by atoms with E-state index in [2.05, 4.69) is 5.32 Å². The lowest BCUT2D eigenvalue weighted by atomic mass is 9.94. The maximum absolute atomic E-state index is 13.7. The molecule has 0 aliphatic carbocycles. The number of hydrogen-bond acceptors (Lipinski definition) is 2. The van der Waals surface area contributed by atoms with E-state index < -0.39 is 6.08 Å². The molecule has 1 aliphatic heterocycles. The SMILES string of the molecule is CCC(CC(=C(F)F)c1ccc2ccccc2c1)NC(=O)C1CCOCC1. The fourth-order valence-corrected chi connectivity index (χ4v) is 3.50. The van der Waals surface area contributed by atoms with Gasteiger partial charge in [-0.2, -0.15) is 8.78 Å². The van der Waals surface area contributed by atoms with Gasteiger partial charge in [-0.3, -0.25) is 4.79 Å². The van der Waals surface area contributed by atoms with Gasteiger partial charge >= 0.3 is 0 Å². The number of halogens is 2. The van der Waals surface area contributed by atoms with E-state index in [1.54, 1.807) is 12.1 Å². The predicted octanol–water partition coefficient (Wildman–Crippen LogP) is 5.16. The first-order chi connectivity index (χ1) is 13.1. The summed E-state index contributed by atoms with van der Waals surface area (Å²) in [6.07, 6.45) is 0.398. The number of benzene rings is 2. The van der Waals surface area contributed by atoms with Crippen molar-refractivity contribution in [1.82, 2.24) is 5.32 Å². The highest BCUT2D eigenvalue weighted by molar-refractivity contribution is 5.86. The molecule has 2 aromatic rings. The minimum Gasteiger partial charge on any atom is -0.381 e. The second-order valence-electron chi connectivity index (χ2n) is 7.01. The Morgan fingerprint density at radius 3 is 2.52 bits per heavy atom. The van der Waals surface area contributed by atoms with Gasteiger partial charge in [0.2, 0.25) is 5.91 Å². The zero-order chi connectivity index (χ0) is 19.2. The van der Waals surface area contributed by atoms with Crippen LogP contribution in [0.3, 0.4) is 0 Å². The molecule has 1 saturated heterocycles. The van der Waals surface area contributed by atoms with Crippen LogP contribution in [-0.2, 0) is 9.53 Å². The predicted molar refractivity (Wildman–Crippen MR) is 103 cm³/mol. The van der Waals surface area contributed by atoms with Gasteiger partial charge in [-0.25, -0.2) is 0 Å². The summed E-state index contributed by atoms with van der Waals surface area (Å²) >= 11 is 0. The van der Waals surface area contributed by atoms with Crippen molar-refractivity contribution in [2.75, 3.05) is 13.2 Å². The third-order valence-corrected chi connectivity index (χ3v) is 5.21. The van der Waals surface area contributed by atoms with E-state index in [4.69, 9.17) is 4.74 Å². The van der Waals surface area contributed by atoms with E-state index in [9.17, 15) is 13.6 Å². The molecule has 3 rings (SSSR count). The number of ether oxygens (including phenoxy) is 1. The zero-order valence-electron chi connectivity index (χ0n) is 15.5. The molecule has 0 spiro atoms.